The maximum atomic E-state index is 12.3. The fourth-order valence-electron chi connectivity index (χ4n) is 2.94. The van der Waals surface area contributed by atoms with Gasteiger partial charge in [0.15, 0.2) is 5.79 Å². The summed E-state index contributed by atoms with van der Waals surface area (Å²) < 4.78 is 11.4. The predicted molar refractivity (Wildman–Crippen MR) is 80.2 cm³/mol. The summed E-state index contributed by atoms with van der Waals surface area (Å²) in [6, 6.07) is 7.67. The first-order valence-corrected chi connectivity index (χ1v) is 7.85. The SMILES string of the molecule is O=C(CCc1ccc(Cl)cc1)N1CCC2(CC1)OCCO2. The smallest absolute Gasteiger partial charge is 0.222 e. The lowest BCUT2D eigenvalue weighted by molar-refractivity contribution is -0.187. The van der Waals surface area contributed by atoms with Gasteiger partial charge in [-0.1, -0.05) is 23.7 Å². The summed E-state index contributed by atoms with van der Waals surface area (Å²) in [7, 11) is 0. The molecule has 2 aliphatic rings. The van der Waals surface area contributed by atoms with Crippen LogP contribution in [0.15, 0.2) is 24.3 Å². The van der Waals surface area contributed by atoms with Gasteiger partial charge in [0.25, 0.3) is 0 Å². The molecule has 0 radical (unpaired) electrons. The maximum absolute atomic E-state index is 12.3. The number of hydrogen-bond acceptors (Lipinski definition) is 3. The van der Waals surface area contributed by atoms with Gasteiger partial charge in [0.05, 0.1) is 13.2 Å². The van der Waals surface area contributed by atoms with E-state index < -0.39 is 5.79 Å². The Balaban J connectivity index is 1.47. The van der Waals surface area contributed by atoms with Gasteiger partial charge in [-0.25, -0.2) is 0 Å². The lowest BCUT2D eigenvalue weighted by atomic mass is 10.0. The van der Waals surface area contributed by atoms with Gasteiger partial charge >= 0.3 is 0 Å². The highest BCUT2D eigenvalue weighted by Crippen LogP contribution is 2.31. The molecule has 1 spiro atoms. The van der Waals surface area contributed by atoms with Gasteiger partial charge in [-0.2, -0.15) is 0 Å². The molecule has 0 bridgehead atoms. The van der Waals surface area contributed by atoms with Crippen molar-refractivity contribution in [2.75, 3.05) is 26.3 Å². The van der Waals surface area contributed by atoms with Crippen molar-refractivity contribution < 1.29 is 14.3 Å². The van der Waals surface area contributed by atoms with E-state index in [2.05, 4.69) is 0 Å². The third kappa shape index (κ3) is 3.57. The van der Waals surface area contributed by atoms with Crippen LogP contribution in [0.2, 0.25) is 5.02 Å². The number of piperidine rings is 1. The minimum Gasteiger partial charge on any atom is -0.347 e. The van der Waals surface area contributed by atoms with Crippen LogP contribution in [0.1, 0.15) is 24.8 Å². The fourth-order valence-corrected chi connectivity index (χ4v) is 3.07. The van der Waals surface area contributed by atoms with Crippen LogP contribution in [0.25, 0.3) is 0 Å². The van der Waals surface area contributed by atoms with E-state index in [9.17, 15) is 4.79 Å². The lowest BCUT2D eigenvalue weighted by Gasteiger charge is -2.37. The first-order valence-electron chi connectivity index (χ1n) is 7.47. The molecule has 2 saturated heterocycles. The summed E-state index contributed by atoms with van der Waals surface area (Å²) in [4.78, 5) is 14.2. The number of halogens is 1. The van der Waals surface area contributed by atoms with Crippen LogP contribution >= 0.6 is 11.6 Å². The van der Waals surface area contributed by atoms with E-state index in [0.29, 0.717) is 19.6 Å². The van der Waals surface area contributed by atoms with Crippen molar-refractivity contribution in [3.63, 3.8) is 0 Å². The number of amides is 1. The molecule has 2 heterocycles. The summed E-state index contributed by atoms with van der Waals surface area (Å²) in [5.74, 6) is -0.203. The average Bonchev–Trinajstić information content (AvgIpc) is 2.95. The Labute approximate surface area is 130 Å². The Kier molecular flexibility index (Phi) is 4.48. The third-order valence-corrected chi connectivity index (χ3v) is 4.48. The van der Waals surface area contributed by atoms with Crippen LogP contribution in [-0.2, 0) is 20.7 Å². The molecule has 0 atom stereocenters. The minimum absolute atomic E-state index is 0.206. The minimum atomic E-state index is -0.410. The Morgan fingerprint density at radius 2 is 1.76 bits per heavy atom. The van der Waals surface area contributed by atoms with Gasteiger partial charge in [0, 0.05) is 37.4 Å². The molecule has 114 valence electrons. The number of benzene rings is 1. The average molecular weight is 310 g/mol. The van der Waals surface area contributed by atoms with Crippen LogP contribution < -0.4 is 0 Å². The quantitative estimate of drug-likeness (QED) is 0.861. The molecular weight excluding hydrogens is 290 g/mol. The summed E-state index contributed by atoms with van der Waals surface area (Å²) in [5, 5.41) is 0.725. The molecule has 21 heavy (non-hydrogen) atoms. The Bertz CT molecular complexity index is 487. The molecule has 1 amide bonds. The molecule has 0 N–H and O–H groups in total. The summed E-state index contributed by atoms with van der Waals surface area (Å²) >= 11 is 5.86. The maximum Gasteiger partial charge on any atom is 0.222 e. The van der Waals surface area contributed by atoms with Gasteiger partial charge in [0.2, 0.25) is 5.91 Å². The van der Waals surface area contributed by atoms with Crippen molar-refractivity contribution in [3.8, 4) is 0 Å². The molecule has 0 saturated carbocycles. The van der Waals surface area contributed by atoms with Gasteiger partial charge in [-0.15, -0.1) is 0 Å². The monoisotopic (exact) mass is 309 g/mol. The normalized spacial score (nSPS) is 20.9. The predicted octanol–water partition coefficient (Wildman–Crippen LogP) is 2.64. The van der Waals surface area contributed by atoms with Gasteiger partial charge < -0.3 is 14.4 Å². The second-order valence-corrected chi connectivity index (χ2v) is 6.05. The lowest BCUT2D eigenvalue weighted by Crippen LogP contribution is -2.47. The molecule has 0 unspecified atom stereocenters. The van der Waals surface area contributed by atoms with Gasteiger partial charge in [-0.3, -0.25) is 4.79 Å². The van der Waals surface area contributed by atoms with E-state index in [0.717, 1.165) is 42.9 Å². The number of carbonyl (C=O) groups excluding carboxylic acids is 1. The van der Waals surface area contributed by atoms with Crippen molar-refractivity contribution in [2.45, 2.75) is 31.5 Å². The van der Waals surface area contributed by atoms with E-state index in [1.165, 1.54) is 0 Å². The molecule has 0 aromatic heterocycles. The zero-order valence-electron chi connectivity index (χ0n) is 12.0. The van der Waals surface area contributed by atoms with E-state index in [1.54, 1.807) is 0 Å². The van der Waals surface area contributed by atoms with Crippen LogP contribution in [0.3, 0.4) is 0 Å². The van der Waals surface area contributed by atoms with Crippen molar-refractivity contribution in [1.82, 2.24) is 4.90 Å². The number of carbonyl (C=O) groups is 1. The van der Waals surface area contributed by atoms with E-state index in [1.807, 2.05) is 29.2 Å². The highest BCUT2D eigenvalue weighted by molar-refractivity contribution is 6.30. The number of hydrogen-bond donors (Lipinski definition) is 0. The van der Waals surface area contributed by atoms with E-state index in [-0.39, 0.29) is 5.91 Å². The zero-order chi connectivity index (χ0) is 14.7. The Morgan fingerprint density at radius 3 is 2.38 bits per heavy atom. The summed E-state index contributed by atoms with van der Waals surface area (Å²) in [6.07, 6.45) is 2.85. The summed E-state index contributed by atoms with van der Waals surface area (Å²) in [5.41, 5.74) is 1.14. The second-order valence-electron chi connectivity index (χ2n) is 5.61. The highest BCUT2D eigenvalue weighted by Gasteiger charge is 2.40. The Morgan fingerprint density at radius 1 is 1.14 bits per heavy atom. The topological polar surface area (TPSA) is 38.8 Å². The van der Waals surface area contributed by atoms with Gasteiger partial charge in [-0.05, 0) is 24.1 Å². The van der Waals surface area contributed by atoms with Crippen LogP contribution in [-0.4, -0.2) is 42.9 Å². The number of likely N-dealkylation sites (tertiary alicyclic amines) is 1. The van der Waals surface area contributed by atoms with Crippen molar-refractivity contribution in [2.24, 2.45) is 0 Å². The highest BCUT2D eigenvalue weighted by atomic mass is 35.5. The van der Waals surface area contributed by atoms with E-state index >= 15 is 0 Å². The van der Waals surface area contributed by atoms with Crippen molar-refractivity contribution in [3.05, 3.63) is 34.9 Å². The van der Waals surface area contributed by atoms with E-state index in [4.69, 9.17) is 21.1 Å². The first kappa shape index (κ1) is 14.8. The second kappa shape index (κ2) is 6.34. The van der Waals surface area contributed by atoms with Crippen molar-refractivity contribution >= 4 is 17.5 Å². The number of rotatable bonds is 3. The molecule has 5 heteroatoms. The van der Waals surface area contributed by atoms with Crippen LogP contribution in [0.4, 0.5) is 0 Å². The standard InChI is InChI=1S/C16H20ClNO3/c17-14-4-1-13(2-5-14)3-6-15(19)18-9-7-16(8-10-18)20-11-12-21-16/h1-2,4-5H,3,6-12H2. The molecular formula is C16H20ClNO3. The summed E-state index contributed by atoms with van der Waals surface area (Å²) in [6.45, 7) is 2.79. The largest absolute Gasteiger partial charge is 0.347 e. The molecule has 3 rings (SSSR count). The number of ether oxygens (including phenoxy) is 2. The van der Waals surface area contributed by atoms with Crippen LogP contribution in [0.5, 0.6) is 0 Å². The van der Waals surface area contributed by atoms with Crippen molar-refractivity contribution in [1.29, 1.82) is 0 Å². The first-order chi connectivity index (χ1) is 10.2. The van der Waals surface area contributed by atoms with Gasteiger partial charge in [0.1, 0.15) is 0 Å². The number of aryl methyl sites for hydroxylation is 1. The molecule has 1 aromatic carbocycles. The third-order valence-electron chi connectivity index (χ3n) is 4.23. The fraction of sp³-hybridized carbons (Fsp3) is 0.562. The molecule has 4 nitrogen and oxygen atoms in total. The molecule has 2 aliphatic heterocycles. The molecule has 0 aliphatic carbocycles. The molecule has 2 fully saturated rings. The zero-order valence-corrected chi connectivity index (χ0v) is 12.8. The number of nitrogens with zero attached hydrogens (tertiary/aromatic N) is 1. The van der Waals surface area contributed by atoms with Crippen LogP contribution in [0, 0.1) is 0 Å². The molecule has 1 aromatic rings. The Hall–Kier alpha value is -1.10.